The number of rotatable bonds is 14. The molecule has 2 amide bonds. The first kappa shape index (κ1) is 34.9. The van der Waals surface area contributed by atoms with Gasteiger partial charge in [0.25, 0.3) is 0 Å². The highest BCUT2D eigenvalue weighted by Gasteiger charge is 2.55. The van der Waals surface area contributed by atoms with Gasteiger partial charge in [0.05, 0.1) is 18.2 Å². The zero-order valence-corrected chi connectivity index (χ0v) is 25.3. The minimum atomic E-state index is -2.74. The van der Waals surface area contributed by atoms with Crippen LogP contribution in [0, 0.1) is 5.92 Å². The molecule has 43 heavy (non-hydrogen) atoms. The number of amides is 2. The summed E-state index contributed by atoms with van der Waals surface area (Å²) in [5.74, 6) is -4.15. The van der Waals surface area contributed by atoms with Gasteiger partial charge in [-0.2, -0.15) is 0 Å². The van der Waals surface area contributed by atoms with Crippen LogP contribution in [0.2, 0.25) is 0 Å². The van der Waals surface area contributed by atoms with E-state index in [9.17, 15) is 24.0 Å². The van der Waals surface area contributed by atoms with E-state index in [0.717, 1.165) is 0 Å². The van der Waals surface area contributed by atoms with Crippen molar-refractivity contribution in [3.05, 3.63) is 46.3 Å². The predicted molar refractivity (Wildman–Crippen MR) is 161 cm³/mol. The van der Waals surface area contributed by atoms with E-state index in [0.29, 0.717) is 5.39 Å². The first-order valence-corrected chi connectivity index (χ1v) is 13.9. The van der Waals surface area contributed by atoms with E-state index in [1.165, 1.54) is 12.1 Å². The third-order valence-corrected chi connectivity index (χ3v) is 6.28. The van der Waals surface area contributed by atoms with Crippen LogP contribution in [0.3, 0.4) is 0 Å². The molecule has 1 unspecified atom stereocenters. The number of fused-ring (bicyclic) bond motifs is 1. The van der Waals surface area contributed by atoms with Crippen LogP contribution >= 0.6 is 0 Å². The highest BCUT2D eigenvalue weighted by molar-refractivity contribution is 6.14. The Balaban J connectivity index is 2.82. The van der Waals surface area contributed by atoms with Gasteiger partial charge in [-0.3, -0.25) is 19.4 Å². The molecule has 0 aliphatic carbocycles. The maximum absolute atomic E-state index is 14.3. The first-order chi connectivity index (χ1) is 20.0. The minimum Gasteiger partial charge on any atom is -0.458 e. The van der Waals surface area contributed by atoms with E-state index in [-0.39, 0.29) is 43.3 Å². The lowest BCUT2D eigenvalue weighted by molar-refractivity contribution is -0.168. The summed E-state index contributed by atoms with van der Waals surface area (Å²) in [5, 5.41) is 5.31. The monoisotopic (exact) mass is 601 g/mol. The molecule has 0 bridgehead atoms. The highest BCUT2D eigenvalue weighted by Crippen LogP contribution is 2.30. The Morgan fingerprint density at radius 3 is 2.33 bits per heavy atom. The number of benzene rings is 1. The number of hydrogen-bond donors (Lipinski definition) is 6. The van der Waals surface area contributed by atoms with Gasteiger partial charge < -0.3 is 42.7 Å². The summed E-state index contributed by atoms with van der Waals surface area (Å²) in [5.41, 5.74) is 17.3. The lowest BCUT2D eigenvalue weighted by atomic mass is 9.80. The molecule has 1 aromatic carbocycles. The molecule has 0 fully saturated rings. The van der Waals surface area contributed by atoms with Crippen molar-refractivity contribution >= 4 is 40.5 Å². The number of ketones is 1. The summed E-state index contributed by atoms with van der Waals surface area (Å²) in [6.07, 6.45) is 0.320. The quantitative estimate of drug-likeness (QED) is 0.0416. The van der Waals surface area contributed by atoms with Crippen molar-refractivity contribution in [2.45, 2.75) is 77.1 Å². The van der Waals surface area contributed by atoms with Crippen LogP contribution in [0.5, 0.6) is 0 Å². The van der Waals surface area contributed by atoms with Crippen LogP contribution in [0.15, 0.2) is 44.5 Å². The Kier molecular flexibility index (Phi) is 12.0. The van der Waals surface area contributed by atoms with Crippen molar-refractivity contribution < 1.29 is 28.3 Å². The number of Topliss-reactive ketones (excluding diaryl/α,β-unsaturated/α-hetero) is 1. The van der Waals surface area contributed by atoms with Crippen LogP contribution in [0.4, 0.5) is 0 Å². The van der Waals surface area contributed by atoms with Gasteiger partial charge in [0, 0.05) is 11.9 Å². The molecule has 0 aliphatic heterocycles. The third-order valence-electron chi connectivity index (χ3n) is 6.28. The van der Waals surface area contributed by atoms with Gasteiger partial charge in [0.2, 0.25) is 17.4 Å². The molecule has 0 radical (unpaired) electrons. The molecule has 0 spiro atoms. The van der Waals surface area contributed by atoms with Crippen molar-refractivity contribution in [1.29, 1.82) is 0 Å². The molecule has 14 heteroatoms. The number of esters is 1. The SMILES string of the molecule is CC(C)C[C@H](N)C(=O)C(NC(=O)[C@H](CCCN=C(N)N)NC(=O)CN)(C(=O)OC(C)(C)C)c1cc2ccccc2oc1=O. The number of carbonyl (C=O) groups excluding carboxylic acids is 4. The molecule has 0 aliphatic rings. The fourth-order valence-corrected chi connectivity index (χ4v) is 4.39. The van der Waals surface area contributed by atoms with Crippen molar-refractivity contribution in [2.75, 3.05) is 13.1 Å². The minimum absolute atomic E-state index is 0.0166. The molecule has 2 rings (SSSR count). The zero-order valence-electron chi connectivity index (χ0n) is 25.3. The van der Waals surface area contributed by atoms with Crippen LogP contribution in [-0.4, -0.2) is 60.3 Å². The van der Waals surface area contributed by atoms with E-state index in [1.54, 1.807) is 39.0 Å². The molecule has 3 atom stereocenters. The summed E-state index contributed by atoms with van der Waals surface area (Å²) in [4.78, 5) is 72.0. The molecule has 0 saturated carbocycles. The van der Waals surface area contributed by atoms with Crippen molar-refractivity contribution in [1.82, 2.24) is 10.6 Å². The maximum atomic E-state index is 14.3. The lowest BCUT2D eigenvalue weighted by Crippen LogP contribution is -2.66. The summed E-state index contributed by atoms with van der Waals surface area (Å²) in [6.45, 7) is 8.00. The molecular formula is C29H43N7O7. The molecule has 1 heterocycles. The summed E-state index contributed by atoms with van der Waals surface area (Å²) in [7, 11) is 0. The molecule has 14 nitrogen and oxygen atoms in total. The molecule has 10 N–H and O–H groups in total. The average molecular weight is 602 g/mol. The fraction of sp³-hybridized carbons (Fsp3) is 0.517. The first-order valence-electron chi connectivity index (χ1n) is 13.9. The van der Waals surface area contributed by atoms with Crippen LogP contribution in [0.25, 0.3) is 11.0 Å². The molecule has 236 valence electrons. The lowest BCUT2D eigenvalue weighted by Gasteiger charge is -2.36. The smallest absolute Gasteiger partial charge is 0.345 e. The van der Waals surface area contributed by atoms with Crippen LogP contribution in [0.1, 0.15) is 59.4 Å². The van der Waals surface area contributed by atoms with Crippen molar-refractivity contribution in [2.24, 2.45) is 33.8 Å². The van der Waals surface area contributed by atoms with E-state index in [1.807, 2.05) is 13.8 Å². The van der Waals surface area contributed by atoms with Gasteiger partial charge in [0.15, 0.2) is 11.7 Å². The second-order valence-corrected chi connectivity index (χ2v) is 11.6. The van der Waals surface area contributed by atoms with Gasteiger partial charge >= 0.3 is 11.6 Å². The topological polar surface area (TPSA) is 248 Å². The number of nitrogens with two attached hydrogens (primary N) is 4. The average Bonchev–Trinajstić information content (AvgIpc) is 2.90. The van der Waals surface area contributed by atoms with E-state index >= 15 is 0 Å². The van der Waals surface area contributed by atoms with E-state index in [2.05, 4.69) is 15.6 Å². The summed E-state index contributed by atoms with van der Waals surface area (Å²) < 4.78 is 11.1. The molecule has 0 saturated heterocycles. The standard InChI is InChI=1S/C29H43N7O7/c1-16(2)13-19(31)23(38)29(26(41)43-28(3,4)5,18-14-17-9-6-7-11-21(17)42-25(18)40)36-24(39)20(35-22(37)15-30)10-8-12-34-27(32)33/h6-7,9,11,14,16,19-20H,8,10,12-13,15,30-31H2,1-5H3,(H,35,37)(H,36,39)(H4,32,33,34)/t19-,20-,29?/m0/s1. The molecular weight excluding hydrogens is 558 g/mol. The third kappa shape index (κ3) is 9.35. The maximum Gasteiger partial charge on any atom is 0.345 e. The Hall–Kier alpha value is -4.30. The Labute approximate surface area is 249 Å². The zero-order chi connectivity index (χ0) is 32.5. The molecule has 1 aromatic heterocycles. The largest absolute Gasteiger partial charge is 0.458 e. The fourth-order valence-electron chi connectivity index (χ4n) is 4.39. The predicted octanol–water partition coefficient (Wildman–Crippen LogP) is -0.114. The number of ether oxygens (including phenoxy) is 1. The van der Waals surface area contributed by atoms with Crippen LogP contribution in [-0.2, 0) is 29.5 Å². The van der Waals surface area contributed by atoms with Crippen LogP contribution < -0.4 is 39.2 Å². The number of carbonyl (C=O) groups is 4. The van der Waals surface area contributed by atoms with Crippen molar-refractivity contribution in [3.63, 3.8) is 0 Å². The second kappa shape index (κ2) is 14.7. The number of hydrogen-bond acceptors (Lipinski definition) is 10. The summed E-state index contributed by atoms with van der Waals surface area (Å²) in [6, 6.07) is 5.13. The van der Waals surface area contributed by atoms with Gasteiger partial charge in [-0.15, -0.1) is 0 Å². The number of nitrogens with zero attached hydrogens (tertiary/aromatic N) is 1. The van der Waals surface area contributed by atoms with Gasteiger partial charge in [-0.1, -0.05) is 32.0 Å². The number of nitrogens with one attached hydrogen (secondary N) is 2. The summed E-state index contributed by atoms with van der Waals surface area (Å²) >= 11 is 0. The normalized spacial score (nSPS) is 14.3. The van der Waals surface area contributed by atoms with E-state index < -0.39 is 64.5 Å². The van der Waals surface area contributed by atoms with Crippen molar-refractivity contribution in [3.8, 4) is 0 Å². The Morgan fingerprint density at radius 1 is 1.09 bits per heavy atom. The highest BCUT2D eigenvalue weighted by atomic mass is 16.6. The molecule has 2 aromatic rings. The van der Waals surface area contributed by atoms with Gasteiger partial charge in [0.1, 0.15) is 17.2 Å². The number of para-hydroxylation sites is 1. The van der Waals surface area contributed by atoms with Gasteiger partial charge in [-0.05, 0) is 58.1 Å². The van der Waals surface area contributed by atoms with Gasteiger partial charge in [-0.25, -0.2) is 9.59 Å². The number of guanidine groups is 1. The second-order valence-electron chi connectivity index (χ2n) is 11.6. The van der Waals surface area contributed by atoms with E-state index in [4.69, 9.17) is 32.1 Å². The Morgan fingerprint density at radius 2 is 1.74 bits per heavy atom. The Bertz CT molecular complexity index is 1410. The number of aliphatic imine (C=N–C) groups is 1.